The van der Waals surface area contributed by atoms with Gasteiger partial charge in [0.2, 0.25) is 0 Å². The summed E-state index contributed by atoms with van der Waals surface area (Å²) >= 11 is 0. The third-order valence-corrected chi connectivity index (χ3v) is 4.15. The average molecular weight is 249 g/mol. The van der Waals surface area contributed by atoms with Crippen molar-refractivity contribution in [1.82, 2.24) is 5.32 Å². The van der Waals surface area contributed by atoms with Crippen molar-refractivity contribution in [1.29, 1.82) is 0 Å². The van der Waals surface area contributed by atoms with Gasteiger partial charge in [0.25, 0.3) is 0 Å². The minimum absolute atomic E-state index is 0.146. The number of hydrogen-bond donors (Lipinski definition) is 1. The second kappa shape index (κ2) is 6.89. The molecular weight excluding hydrogens is 225 g/mol. The molecule has 2 heteroatoms. The van der Waals surface area contributed by atoms with Crippen LogP contribution in [0.15, 0.2) is 24.3 Å². The highest BCUT2D eigenvalue weighted by atomic mass is 19.1. The molecule has 1 fully saturated rings. The minimum Gasteiger partial charge on any atom is -0.317 e. The summed E-state index contributed by atoms with van der Waals surface area (Å²) in [7, 11) is 2.04. The van der Waals surface area contributed by atoms with E-state index in [2.05, 4.69) is 5.32 Å². The van der Waals surface area contributed by atoms with Gasteiger partial charge >= 0.3 is 0 Å². The van der Waals surface area contributed by atoms with E-state index in [0.717, 1.165) is 12.3 Å². The Morgan fingerprint density at radius 3 is 2.44 bits per heavy atom. The Bertz CT molecular complexity index is 341. The lowest BCUT2D eigenvalue weighted by atomic mass is 9.83. The summed E-state index contributed by atoms with van der Waals surface area (Å²) in [6.07, 6.45) is 9.26. The van der Waals surface area contributed by atoms with E-state index < -0.39 is 0 Å². The van der Waals surface area contributed by atoms with E-state index >= 15 is 0 Å². The predicted octanol–water partition coefficient (Wildman–Crippen LogP) is 3.93. The van der Waals surface area contributed by atoms with Crippen molar-refractivity contribution in [2.24, 2.45) is 5.92 Å². The van der Waals surface area contributed by atoms with Crippen LogP contribution in [0.1, 0.15) is 44.1 Å². The normalized spacial score (nSPS) is 18.8. The quantitative estimate of drug-likeness (QED) is 0.834. The van der Waals surface area contributed by atoms with E-state index in [0.29, 0.717) is 6.04 Å². The predicted molar refractivity (Wildman–Crippen MR) is 74.1 cm³/mol. The molecule has 0 spiro atoms. The summed E-state index contributed by atoms with van der Waals surface area (Å²) in [6.45, 7) is 0. The van der Waals surface area contributed by atoms with Crippen molar-refractivity contribution in [2.45, 2.75) is 51.0 Å². The lowest BCUT2D eigenvalue weighted by Gasteiger charge is -2.26. The van der Waals surface area contributed by atoms with E-state index in [1.165, 1.54) is 44.1 Å². The molecule has 0 radical (unpaired) electrons. The van der Waals surface area contributed by atoms with Gasteiger partial charge in [-0.25, -0.2) is 4.39 Å². The fourth-order valence-electron chi connectivity index (χ4n) is 3.03. The van der Waals surface area contributed by atoms with Gasteiger partial charge in [-0.05, 0) is 43.5 Å². The Hall–Kier alpha value is -0.890. The second-order valence-electron chi connectivity index (χ2n) is 5.56. The van der Waals surface area contributed by atoms with Gasteiger partial charge in [-0.2, -0.15) is 0 Å². The van der Waals surface area contributed by atoms with E-state index in [9.17, 15) is 4.39 Å². The van der Waals surface area contributed by atoms with Crippen molar-refractivity contribution >= 4 is 0 Å². The van der Waals surface area contributed by atoms with Gasteiger partial charge < -0.3 is 5.32 Å². The van der Waals surface area contributed by atoms with Gasteiger partial charge in [0.05, 0.1) is 0 Å². The van der Waals surface area contributed by atoms with Crippen molar-refractivity contribution in [3.05, 3.63) is 35.6 Å². The third-order valence-electron chi connectivity index (χ3n) is 4.15. The molecule has 1 aliphatic rings. The van der Waals surface area contributed by atoms with Crippen LogP contribution in [0.25, 0.3) is 0 Å². The monoisotopic (exact) mass is 249 g/mol. The van der Waals surface area contributed by atoms with Crippen LogP contribution >= 0.6 is 0 Å². The first-order chi connectivity index (χ1) is 8.78. The van der Waals surface area contributed by atoms with Crippen LogP contribution in [-0.4, -0.2) is 13.1 Å². The van der Waals surface area contributed by atoms with Crippen molar-refractivity contribution in [3.63, 3.8) is 0 Å². The van der Waals surface area contributed by atoms with Gasteiger partial charge in [0.1, 0.15) is 5.82 Å². The molecule has 1 N–H and O–H groups in total. The molecule has 1 unspecified atom stereocenters. The Morgan fingerprint density at radius 2 is 1.83 bits per heavy atom. The highest BCUT2D eigenvalue weighted by Gasteiger charge is 2.18. The summed E-state index contributed by atoms with van der Waals surface area (Å²) < 4.78 is 12.9. The number of likely N-dealkylation sites (N-methyl/N-ethyl adjacent to an activating group) is 1. The average Bonchev–Trinajstić information content (AvgIpc) is 2.41. The number of hydrogen-bond acceptors (Lipinski definition) is 1. The molecule has 0 aliphatic heterocycles. The van der Waals surface area contributed by atoms with Gasteiger partial charge in [-0.3, -0.25) is 0 Å². The minimum atomic E-state index is -0.146. The standard InChI is InChI=1S/C16H24FN/c1-18-16(11-13-5-3-2-4-6-13)12-14-7-9-15(17)10-8-14/h7-10,13,16,18H,2-6,11-12H2,1H3. The maximum atomic E-state index is 12.9. The van der Waals surface area contributed by atoms with Crippen LogP contribution in [-0.2, 0) is 6.42 Å². The molecule has 1 aliphatic carbocycles. The van der Waals surface area contributed by atoms with Gasteiger partial charge in [-0.1, -0.05) is 44.2 Å². The summed E-state index contributed by atoms with van der Waals surface area (Å²) in [6, 6.07) is 7.45. The zero-order valence-electron chi connectivity index (χ0n) is 11.3. The first kappa shape index (κ1) is 13.5. The fourth-order valence-corrected chi connectivity index (χ4v) is 3.03. The van der Waals surface area contributed by atoms with Crippen LogP contribution in [0.2, 0.25) is 0 Å². The number of halogens is 1. The third kappa shape index (κ3) is 4.09. The Balaban J connectivity index is 1.86. The van der Waals surface area contributed by atoms with Crippen LogP contribution in [0.5, 0.6) is 0 Å². The number of rotatable bonds is 5. The molecule has 1 atom stereocenters. The highest BCUT2D eigenvalue weighted by molar-refractivity contribution is 5.17. The molecule has 0 saturated heterocycles. The molecule has 1 saturated carbocycles. The lowest BCUT2D eigenvalue weighted by Crippen LogP contribution is -2.30. The maximum Gasteiger partial charge on any atom is 0.123 e. The molecule has 2 rings (SSSR count). The van der Waals surface area contributed by atoms with Gasteiger partial charge in [0.15, 0.2) is 0 Å². The molecule has 0 aromatic heterocycles. The SMILES string of the molecule is CNC(Cc1ccc(F)cc1)CC1CCCCC1. The van der Waals surface area contributed by atoms with Gasteiger partial charge in [-0.15, -0.1) is 0 Å². The van der Waals surface area contributed by atoms with E-state index in [-0.39, 0.29) is 5.82 Å². The second-order valence-corrected chi connectivity index (χ2v) is 5.56. The summed E-state index contributed by atoms with van der Waals surface area (Å²) in [5.74, 6) is 0.740. The smallest absolute Gasteiger partial charge is 0.123 e. The highest BCUT2D eigenvalue weighted by Crippen LogP contribution is 2.28. The van der Waals surface area contributed by atoms with E-state index in [4.69, 9.17) is 0 Å². The topological polar surface area (TPSA) is 12.0 Å². The van der Waals surface area contributed by atoms with Crippen LogP contribution < -0.4 is 5.32 Å². The molecule has 18 heavy (non-hydrogen) atoms. The van der Waals surface area contributed by atoms with Crippen molar-refractivity contribution < 1.29 is 4.39 Å². The van der Waals surface area contributed by atoms with Crippen LogP contribution in [0.4, 0.5) is 4.39 Å². The first-order valence-electron chi connectivity index (χ1n) is 7.19. The zero-order chi connectivity index (χ0) is 12.8. The van der Waals surface area contributed by atoms with Gasteiger partial charge in [0, 0.05) is 6.04 Å². The molecule has 0 heterocycles. The van der Waals surface area contributed by atoms with E-state index in [1.54, 1.807) is 12.1 Å². The fraction of sp³-hybridized carbons (Fsp3) is 0.625. The molecular formula is C16H24FN. The molecule has 0 amide bonds. The first-order valence-corrected chi connectivity index (χ1v) is 7.19. The van der Waals surface area contributed by atoms with Crippen molar-refractivity contribution in [2.75, 3.05) is 7.05 Å². The molecule has 1 aromatic rings. The van der Waals surface area contributed by atoms with Crippen molar-refractivity contribution in [3.8, 4) is 0 Å². The van der Waals surface area contributed by atoms with Crippen LogP contribution in [0.3, 0.4) is 0 Å². The number of benzene rings is 1. The molecule has 0 bridgehead atoms. The Morgan fingerprint density at radius 1 is 1.17 bits per heavy atom. The lowest BCUT2D eigenvalue weighted by molar-refractivity contribution is 0.302. The Kier molecular flexibility index (Phi) is 5.18. The number of nitrogens with one attached hydrogen (secondary N) is 1. The largest absolute Gasteiger partial charge is 0.317 e. The van der Waals surface area contributed by atoms with E-state index in [1.807, 2.05) is 19.2 Å². The van der Waals surface area contributed by atoms with Crippen LogP contribution in [0, 0.1) is 11.7 Å². The summed E-state index contributed by atoms with van der Waals surface area (Å²) in [4.78, 5) is 0. The Labute approximate surface area is 110 Å². The molecule has 1 nitrogen and oxygen atoms in total. The summed E-state index contributed by atoms with van der Waals surface area (Å²) in [5.41, 5.74) is 1.23. The molecule has 100 valence electrons. The zero-order valence-corrected chi connectivity index (χ0v) is 11.3. The molecule has 1 aromatic carbocycles. The maximum absolute atomic E-state index is 12.9. The summed E-state index contributed by atoms with van der Waals surface area (Å²) in [5, 5.41) is 3.42.